The molecule has 1 amide bonds. The molecule has 0 aliphatic heterocycles. The van der Waals surface area contributed by atoms with E-state index in [1.165, 1.54) is 0 Å². The highest BCUT2D eigenvalue weighted by atomic mass is 35.5. The van der Waals surface area contributed by atoms with Gasteiger partial charge >= 0.3 is 0 Å². The highest BCUT2D eigenvalue weighted by Gasteiger charge is 2.08. The van der Waals surface area contributed by atoms with Gasteiger partial charge in [-0.1, -0.05) is 54.6 Å². The van der Waals surface area contributed by atoms with Crippen molar-refractivity contribution in [1.29, 1.82) is 0 Å². The molecule has 0 fully saturated rings. The van der Waals surface area contributed by atoms with Gasteiger partial charge < -0.3 is 10.3 Å². The summed E-state index contributed by atoms with van der Waals surface area (Å²) in [5.41, 5.74) is 4.62. The fraction of sp³-hybridized carbons (Fsp3) is 0.0476. The molecule has 0 radical (unpaired) electrons. The van der Waals surface area contributed by atoms with E-state index in [9.17, 15) is 4.79 Å². The normalized spacial score (nSPS) is 10.3. The van der Waals surface area contributed by atoms with Crippen LogP contribution in [0.4, 0.5) is 5.69 Å². The Morgan fingerprint density at radius 2 is 1.69 bits per heavy atom. The fourth-order valence-corrected chi connectivity index (χ4v) is 2.82. The lowest BCUT2D eigenvalue weighted by Crippen LogP contribution is -2.14. The molecule has 4 rings (SSSR count). The van der Waals surface area contributed by atoms with Gasteiger partial charge in [-0.05, 0) is 29.8 Å². The fourth-order valence-electron chi connectivity index (χ4n) is 2.82. The summed E-state index contributed by atoms with van der Waals surface area (Å²) in [5, 5.41) is 2.95. The summed E-state index contributed by atoms with van der Waals surface area (Å²) in [6.07, 6.45) is 0.357. The summed E-state index contributed by atoms with van der Waals surface area (Å²) < 4.78 is 0. The third kappa shape index (κ3) is 3.92. The third-order valence-corrected chi connectivity index (χ3v) is 4.02. The molecule has 0 bridgehead atoms. The second-order valence-electron chi connectivity index (χ2n) is 5.89. The summed E-state index contributed by atoms with van der Waals surface area (Å²) >= 11 is 0. The lowest BCUT2D eigenvalue weighted by atomic mass is 10.1. The second kappa shape index (κ2) is 7.85. The maximum atomic E-state index is 12.2. The van der Waals surface area contributed by atoms with Gasteiger partial charge in [0.2, 0.25) is 5.91 Å². The number of para-hydroxylation sites is 2. The molecular formula is C21H18ClN3O. The number of rotatable bonds is 4. The maximum absolute atomic E-state index is 12.2. The van der Waals surface area contributed by atoms with Crippen LogP contribution in [0.1, 0.15) is 5.56 Å². The van der Waals surface area contributed by atoms with E-state index in [0.717, 1.165) is 33.7 Å². The van der Waals surface area contributed by atoms with Crippen molar-refractivity contribution in [2.75, 3.05) is 5.32 Å². The predicted molar refractivity (Wildman–Crippen MR) is 108 cm³/mol. The average Bonchev–Trinajstić information content (AvgIpc) is 3.07. The number of nitrogens with zero attached hydrogens (tertiary/aromatic N) is 1. The van der Waals surface area contributed by atoms with Crippen LogP contribution in [0.2, 0.25) is 0 Å². The first-order chi connectivity index (χ1) is 12.3. The van der Waals surface area contributed by atoms with Crippen LogP contribution >= 0.6 is 12.4 Å². The molecule has 0 aliphatic carbocycles. The molecule has 0 atom stereocenters. The first-order valence-corrected chi connectivity index (χ1v) is 8.17. The molecule has 4 aromatic rings. The minimum absolute atomic E-state index is 0. The van der Waals surface area contributed by atoms with Crippen molar-refractivity contribution in [1.82, 2.24) is 9.97 Å². The molecule has 4 nitrogen and oxygen atoms in total. The number of benzene rings is 3. The van der Waals surface area contributed by atoms with Gasteiger partial charge in [0.25, 0.3) is 0 Å². The van der Waals surface area contributed by atoms with Crippen molar-refractivity contribution in [2.45, 2.75) is 6.42 Å². The number of nitrogens with one attached hydrogen (secondary N) is 2. The van der Waals surface area contributed by atoms with Gasteiger partial charge in [-0.25, -0.2) is 4.98 Å². The van der Waals surface area contributed by atoms with Crippen LogP contribution in [-0.4, -0.2) is 15.9 Å². The lowest BCUT2D eigenvalue weighted by Gasteiger charge is -2.07. The molecule has 1 heterocycles. The molecule has 26 heavy (non-hydrogen) atoms. The lowest BCUT2D eigenvalue weighted by molar-refractivity contribution is -0.115. The Morgan fingerprint density at radius 1 is 0.923 bits per heavy atom. The van der Waals surface area contributed by atoms with Gasteiger partial charge in [0.05, 0.1) is 17.5 Å². The van der Waals surface area contributed by atoms with Crippen LogP contribution in [0.5, 0.6) is 0 Å². The van der Waals surface area contributed by atoms with Crippen molar-refractivity contribution < 1.29 is 4.79 Å². The molecule has 0 saturated carbocycles. The number of imidazole rings is 1. The predicted octanol–water partition coefficient (Wildman–Crippen LogP) is 4.83. The minimum atomic E-state index is -0.0343. The smallest absolute Gasteiger partial charge is 0.228 e. The quantitative estimate of drug-likeness (QED) is 0.545. The highest BCUT2D eigenvalue weighted by molar-refractivity contribution is 5.93. The number of hydrogen-bond donors (Lipinski definition) is 2. The van der Waals surface area contributed by atoms with Crippen LogP contribution in [0, 0.1) is 0 Å². The average molecular weight is 364 g/mol. The molecule has 3 aromatic carbocycles. The summed E-state index contributed by atoms with van der Waals surface area (Å²) in [5.74, 6) is 0.758. The Hall–Kier alpha value is -3.11. The van der Waals surface area contributed by atoms with Crippen molar-refractivity contribution in [3.05, 3.63) is 84.4 Å². The first-order valence-electron chi connectivity index (χ1n) is 8.17. The standard InChI is InChI=1S/C21H17N3O.ClH/c25-20(13-15-7-2-1-3-8-15)22-17-10-6-9-16(14-17)21-23-18-11-4-5-12-19(18)24-21;/h1-12,14H,13H2,(H,22,25)(H,23,24);1H. The van der Waals surface area contributed by atoms with Gasteiger partial charge in [0.1, 0.15) is 5.82 Å². The van der Waals surface area contributed by atoms with E-state index >= 15 is 0 Å². The van der Waals surface area contributed by atoms with Crippen LogP contribution in [-0.2, 0) is 11.2 Å². The monoisotopic (exact) mass is 363 g/mol. The maximum Gasteiger partial charge on any atom is 0.228 e. The van der Waals surface area contributed by atoms with E-state index in [-0.39, 0.29) is 18.3 Å². The van der Waals surface area contributed by atoms with Gasteiger partial charge in [0, 0.05) is 11.3 Å². The van der Waals surface area contributed by atoms with E-state index in [2.05, 4.69) is 15.3 Å². The zero-order valence-corrected chi connectivity index (χ0v) is 14.8. The number of carbonyl (C=O) groups excluding carboxylic acids is 1. The van der Waals surface area contributed by atoms with Gasteiger partial charge in [-0.15, -0.1) is 12.4 Å². The van der Waals surface area contributed by atoms with Crippen LogP contribution in [0.25, 0.3) is 22.4 Å². The number of carbonyl (C=O) groups is 1. The van der Waals surface area contributed by atoms with E-state index < -0.39 is 0 Å². The SMILES string of the molecule is Cl.O=C(Cc1ccccc1)Nc1cccc(-c2nc3ccccc3[nH]2)c1. The molecule has 1 aromatic heterocycles. The van der Waals surface area contributed by atoms with Crippen molar-refractivity contribution in [3.8, 4) is 11.4 Å². The number of aromatic amines is 1. The van der Waals surface area contributed by atoms with E-state index in [4.69, 9.17) is 0 Å². The number of aromatic nitrogens is 2. The van der Waals surface area contributed by atoms with E-state index in [1.54, 1.807) is 0 Å². The van der Waals surface area contributed by atoms with Gasteiger partial charge in [-0.3, -0.25) is 4.79 Å². The molecular weight excluding hydrogens is 346 g/mol. The number of fused-ring (bicyclic) bond motifs is 1. The number of hydrogen-bond acceptors (Lipinski definition) is 2. The van der Waals surface area contributed by atoms with Crippen molar-refractivity contribution in [2.24, 2.45) is 0 Å². The Bertz CT molecular complexity index is 995. The zero-order chi connectivity index (χ0) is 17.1. The Balaban J connectivity index is 0.00000196. The minimum Gasteiger partial charge on any atom is -0.338 e. The number of halogens is 1. The number of amides is 1. The van der Waals surface area contributed by atoms with Crippen LogP contribution in [0.3, 0.4) is 0 Å². The van der Waals surface area contributed by atoms with Crippen molar-refractivity contribution >= 4 is 35.0 Å². The van der Waals surface area contributed by atoms with E-state index in [0.29, 0.717) is 6.42 Å². The molecule has 0 saturated heterocycles. The third-order valence-electron chi connectivity index (χ3n) is 4.02. The van der Waals surface area contributed by atoms with E-state index in [1.807, 2.05) is 78.9 Å². The summed E-state index contributed by atoms with van der Waals surface area (Å²) in [6.45, 7) is 0. The second-order valence-corrected chi connectivity index (χ2v) is 5.89. The molecule has 0 unspecified atom stereocenters. The summed E-state index contributed by atoms with van der Waals surface area (Å²) in [4.78, 5) is 20.1. The molecule has 0 aliphatic rings. The van der Waals surface area contributed by atoms with Crippen LogP contribution < -0.4 is 5.32 Å². The summed E-state index contributed by atoms with van der Waals surface area (Å²) in [7, 11) is 0. The number of H-pyrrole nitrogens is 1. The molecule has 130 valence electrons. The van der Waals surface area contributed by atoms with Gasteiger partial charge in [-0.2, -0.15) is 0 Å². The first kappa shape index (κ1) is 17.7. The number of anilines is 1. The Morgan fingerprint density at radius 3 is 2.50 bits per heavy atom. The topological polar surface area (TPSA) is 57.8 Å². The highest BCUT2D eigenvalue weighted by Crippen LogP contribution is 2.23. The Kier molecular flexibility index (Phi) is 5.34. The molecule has 0 spiro atoms. The van der Waals surface area contributed by atoms with Crippen LogP contribution in [0.15, 0.2) is 78.9 Å². The van der Waals surface area contributed by atoms with Gasteiger partial charge in [0.15, 0.2) is 0 Å². The largest absolute Gasteiger partial charge is 0.338 e. The molecule has 5 heteroatoms. The summed E-state index contributed by atoms with van der Waals surface area (Å²) in [6, 6.07) is 25.3. The zero-order valence-electron chi connectivity index (χ0n) is 14.0. The molecule has 2 N–H and O–H groups in total. The Labute approximate surface area is 157 Å². The van der Waals surface area contributed by atoms with Crippen molar-refractivity contribution in [3.63, 3.8) is 0 Å².